The minimum atomic E-state index is -3.82. The summed E-state index contributed by atoms with van der Waals surface area (Å²) in [5, 5.41) is -0.303. The highest BCUT2D eigenvalue weighted by Crippen LogP contribution is 2.43. The molecule has 8 nitrogen and oxygen atoms in total. The van der Waals surface area contributed by atoms with E-state index in [-0.39, 0.29) is 11.4 Å². The highest BCUT2D eigenvalue weighted by Gasteiger charge is 2.54. The van der Waals surface area contributed by atoms with Gasteiger partial charge in [-0.2, -0.15) is 28.6 Å². The maximum absolute atomic E-state index is 11.4. The zero-order valence-corrected chi connectivity index (χ0v) is 13.5. The van der Waals surface area contributed by atoms with Crippen molar-refractivity contribution in [2.75, 3.05) is 25.4 Å². The standard InChI is InChI=1S/C9H16O8S3/c1-14-9-7(17-20(3,12)13)6(16-19(2,10)11)8-5(15-9)4-18-8/h5-9H,4H2,1-3H3/t5-,6-,7-,8+,9+/m1/s1. The van der Waals surface area contributed by atoms with Crippen molar-refractivity contribution in [2.45, 2.75) is 29.9 Å². The third-order valence-corrected chi connectivity index (χ3v) is 5.47. The lowest BCUT2D eigenvalue weighted by Crippen LogP contribution is -2.63. The highest BCUT2D eigenvalue weighted by molar-refractivity contribution is 8.01. The quantitative estimate of drug-likeness (QED) is 0.588. The Balaban J connectivity index is 2.28. The topological polar surface area (TPSA) is 105 Å². The van der Waals surface area contributed by atoms with Gasteiger partial charge in [0.05, 0.1) is 23.9 Å². The molecule has 0 aromatic rings. The van der Waals surface area contributed by atoms with Crippen molar-refractivity contribution in [2.24, 2.45) is 0 Å². The van der Waals surface area contributed by atoms with Crippen LogP contribution in [0, 0.1) is 0 Å². The van der Waals surface area contributed by atoms with Crippen molar-refractivity contribution in [3.8, 4) is 0 Å². The number of ether oxygens (including phenoxy) is 2. The van der Waals surface area contributed by atoms with Crippen molar-refractivity contribution in [1.29, 1.82) is 0 Å². The van der Waals surface area contributed by atoms with Gasteiger partial charge in [0.2, 0.25) is 0 Å². The van der Waals surface area contributed by atoms with E-state index in [0.717, 1.165) is 12.5 Å². The SMILES string of the molecule is CO[C@H]1O[C@@H]2CS[C@@H]2[C@H](OS(C)(=O)=O)[C@H]1OS(C)(=O)=O. The normalized spacial score (nSPS) is 38.0. The van der Waals surface area contributed by atoms with Crippen LogP contribution in [-0.2, 0) is 38.1 Å². The molecule has 0 unspecified atom stereocenters. The average molecular weight is 348 g/mol. The molecule has 0 N–H and O–H groups in total. The summed E-state index contributed by atoms with van der Waals surface area (Å²) in [5.41, 5.74) is 0. The molecule has 5 atom stereocenters. The minimum absolute atomic E-state index is 0.240. The van der Waals surface area contributed by atoms with E-state index in [4.69, 9.17) is 17.8 Å². The smallest absolute Gasteiger partial charge is 0.264 e. The van der Waals surface area contributed by atoms with E-state index >= 15 is 0 Å². The van der Waals surface area contributed by atoms with Gasteiger partial charge in [-0.3, -0.25) is 8.37 Å². The first-order valence-corrected chi connectivity index (χ1v) is 10.4. The Labute approximate surface area is 122 Å². The Morgan fingerprint density at radius 2 is 1.60 bits per heavy atom. The van der Waals surface area contributed by atoms with Crippen molar-refractivity contribution < 1.29 is 34.7 Å². The van der Waals surface area contributed by atoms with Crippen LogP contribution in [0.4, 0.5) is 0 Å². The Hall–Kier alpha value is 0.0900. The fraction of sp³-hybridized carbons (Fsp3) is 1.00. The van der Waals surface area contributed by atoms with Crippen LogP contribution in [0.3, 0.4) is 0 Å². The molecule has 2 aliphatic heterocycles. The molecular formula is C9H16O8S3. The minimum Gasteiger partial charge on any atom is -0.353 e. The van der Waals surface area contributed by atoms with E-state index in [2.05, 4.69) is 0 Å². The first-order valence-electron chi connectivity index (χ1n) is 5.67. The molecule has 118 valence electrons. The summed E-state index contributed by atoms with van der Waals surface area (Å²) in [6.45, 7) is 0. The van der Waals surface area contributed by atoms with Crippen LogP contribution in [0.5, 0.6) is 0 Å². The van der Waals surface area contributed by atoms with Crippen LogP contribution < -0.4 is 0 Å². The molecule has 2 rings (SSSR count). The molecule has 2 heterocycles. The van der Waals surface area contributed by atoms with Crippen LogP contribution in [-0.4, -0.2) is 72.1 Å². The van der Waals surface area contributed by atoms with Crippen molar-refractivity contribution >= 4 is 32.0 Å². The maximum Gasteiger partial charge on any atom is 0.264 e. The monoisotopic (exact) mass is 348 g/mol. The molecule has 2 aliphatic rings. The molecule has 0 bridgehead atoms. The summed E-state index contributed by atoms with van der Waals surface area (Å²) in [6.07, 6.45) is -1.60. The van der Waals surface area contributed by atoms with Gasteiger partial charge in [-0.05, 0) is 0 Å². The molecule has 0 amide bonds. The van der Waals surface area contributed by atoms with Gasteiger partial charge in [0, 0.05) is 12.9 Å². The summed E-state index contributed by atoms with van der Waals surface area (Å²) in [4.78, 5) is 0. The number of fused-ring (bicyclic) bond motifs is 1. The molecule has 0 aliphatic carbocycles. The van der Waals surface area contributed by atoms with Gasteiger partial charge in [0.15, 0.2) is 12.4 Å². The number of hydrogen-bond acceptors (Lipinski definition) is 9. The van der Waals surface area contributed by atoms with Gasteiger partial charge in [-0.25, -0.2) is 0 Å². The Kier molecular flexibility index (Phi) is 4.70. The van der Waals surface area contributed by atoms with Gasteiger partial charge in [0.1, 0.15) is 6.10 Å². The summed E-state index contributed by atoms with van der Waals surface area (Å²) >= 11 is 1.44. The lowest BCUT2D eigenvalue weighted by Gasteiger charge is -2.49. The zero-order chi connectivity index (χ0) is 15.1. The van der Waals surface area contributed by atoms with Crippen LogP contribution in [0.15, 0.2) is 0 Å². The van der Waals surface area contributed by atoms with Gasteiger partial charge in [-0.15, -0.1) is 0 Å². The fourth-order valence-electron chi connectivity index (χ4n) is 2.10. The van der Waals surface area contributed by atoms with Gasteiger partial charge >= 0.3 is 0 Å². The van der Waals surface area contributed by atoms with Crippen molar-refractivity contribution in [3.63, 3.8) is 0 Å². The van der Waals surface area contributed by atoms with Crippen LogP contribution in [0.25, 0.3) is 0 Å². The van der Waals surface area contributed by atoms with Gasteiger partial charge in [0.25, 0.3) is 20.2 Å². The first kappa shape index (κ1) is 16.5. The Morgan fingerprint density at radius 3 is 2.00 bits per heavy atom. The summed E-state index contributed by atoms with van der Waals surface area (Å²) in [5.74, 6) is 0.666. The second kappa shape index (κ2) is 5.71. The molecular weight excluding hydrogens is 332 g/mol. The van der Waals surface area contributed by atoms with Crippen molar-refractivity contribution in [1.82, 2.24) is 0 Å². The van der Waals surface area contributed by atoms with Crippen LogP contribution in [0.1, 0.15) is 0 Å². The molecule has 0 spiro atoms. The third kappa shape index (κ3) is 3.84. The van der Waals surface area contributed by atoms with E-state index < -0.39 is 38.7 Å². The summed E-state index contributed by atoms with van der Waals surface area (Å²) in [7, 11) is -6.26. The molecule has 0 saturated carbocycles. The van der Waals surface area contributed by atoms with E-state index in [1.165, 1.54) is 18.9 Å². The van der Waals surface area contributed by atoms with Gasteiger partial charge < -0.3 is 9.47 Å². The lowest BCUT2D eigenvalue weighted by atomic mass is 10.0. The fourth-order valence-corrected chi connectivity index (χ4v) is 4.53. The second-order valence-electron chi connectivity index (χ2n) is 4.61. The largest absolute Gasteiger partial charge is 0.353 e. The molecule has 0 aromatic heterocycles. The number of methoxy groups -OCH3 is 1. The third-order valence-electron chi connectivity index (χ3n) is 2.85. The Morgan fingerprint density at radius 1 is 1.05 bits per heavy atom. The molecule has 11 heteroatoms. The average Bonchev–Trinajstić information content (AvgIpc) is 2.20. The highest BCUT2D eigenvalue weighted by atomic mass is 32.2. The first-order chi connectivity index (χ1) is 9.11. The number of hydrogen-bond donors (Lipinski definition) is 0. The maximum atomic E-state index is 11.4. The zero-order valence-electron chi connectivity index (χ0n) is 11.1. The van der Waals surface area contributed by atoms with Gasteiger partial charge in [-0.1, -0.05) is 0 Å². The van der Waals surface area contributed by atoms with E-state index in [1.807, 2.05) is 0 Å². The number of thioether (sulfide) groups is 1. The Bertz CT molecular complexity index is 522. The van der Waals surface area contributed by atoms with E-state index in [9.17, 15) is 16.8 Å². The molecule has 2 saturated heterocycles. The predicted molar refractivity (Wildman–Crippen MR) is 71.3 cm³/mol. The van der Waals surface area contributed by atoms with Crippen LogP contribution >= 0.6 is 11.8 Å². The second-order valence-corrected chi connectivity index (χ2v) is 9.02. The molecule has 0 radical (unpaired) electrons. The molecule has 0 aromatic carbocycles. The summed E-state index contributed by atoms with van der Waals surface area (Å²) in [6, 6.07) is 0. The lowest BCUT2D eigenvalue weighted by molar-refractivity contribution is -0.241. The van der Waals surface area contributed by atoms with E-state index in [1.54, 1.807) is 0 Å². The van der Waals surface area contributed by atoms with Crippen LogP contribution in [0.2, 0.25) is 0 Å². The predicted octanol–water partition coefficient (Wildman–Crippen LogP) is -0.837. The molecule has 20 heavy (non-hydrogen) atoms. The van der Waals surface area contributed by atoms with E-state index in [0.29, 0.717) is 5.75 Å². The number of rotatable bonds is 5. The summed E-state index contributed by atoms with van der Waals surface area (Å²) < 4.78 is 65.9. The molecule has 2 fully saturated rings. The van der Waals surface area contributed by atoms with Crippen molar-refractivity contribution in [3.05, 3.63) is 0 Å².